The average molecular weight is 260 g/mol. The second kappa shape index (κ2) is 5.43. The number of carbonyl (C=O) groups excluding carboxylic acids is 1. The molecule has 100 valence electrons. The molecule has 0 aliphatic heterocycles. The van der Waals surface area contributed by atoms with E-state index in [1.54, 1.807) is 12.3 Å². The van der Waals surface area contributed by atoms with Gasteiger partial charge in [-0.05, 0) is 18.2 Å². The molecule has 0 aromatic carbocycles. The van der Waals surface area contributed by atoms with E-state index < -0.39 is 5.91 Å². The van der Waals surface area contributed by atoms with E-state index in [1.807, 2.05) is 29.9 Å². The summed E-state index contributed by atoms with van der Waals surface area (Å²) in [5.41, 5.74) is 7.39. The van der Waals surface area contributed by atoms with Crippen LogP contribution in [0.3, 0.4) is 0 Å². The maximum absolute atomic E-state index is 11.3. The van der Waals surface area contributed by atoms with Crippen molar-refractivity contribution in [2.45, 2.75) is 6.54 Å². The summed E-state index contributed by atoms with van der Waals surface area (Å²) in [6, 6.07) is 5.62. The molecule has 0 aliphatic carbocycles. The highest BCUT2D eigenvalue weighted by atomic mass is 16.5. The minimum atomic E-state index is -0.563. The molecule has 6 nitrogen and oxygen atoms in total. The lowest BCUT2D eigenvalue weighted by Gasteiger charge is -2.10. The number of methoxy groups -OCH3 is 1. The molecule has 2 rings (SSSR count). The number of nitrogens with one attached hydrogen (secondary N) is 1. The molecule has 0 radical (unpaired) electrons. The Morgan fingerprint density at radius 1 is 1.58 bits per heavy atom. The first-order valence-electron chi connectivity index (χ1n) is 5.79. The van der Waals surface area contributed by atoms with E-state index in [-0.39, 0.29) is 11.4 Å². The van der Waals surface area contributed by atoms with Gasteiger partial charge in [-0.3, -0.25) is 4.79 Å². The zero-order chi connectivity index (χ0) is 13.8. The first-order valence-corrected chi connectivity index (χ1v) is 5.79. The van der Waals surface area contributed by atoms with Crippen LogP contribution in [0.25, 0.3) is 0 Å². The van der Waals surface area contributed by atoms with Crippen molar-refractivity contribution in [3.63, 3.8) is 0 Å². The number of pyridine rings is 1. The molecule has 0 spiro atoms. The largest absolute Gasteiger partial charge is 0.480 e. The highest BCUT2D eigenvalue weighted by molar-refractivity contribution is 5.95. The highest BCUT2D eigenvalue weighted by Gasteiger charge is 2.11. The van der Waals surface area contributed by atoms with E-state index in [4.69, 9.17) is 10.5 Å². The molecule has 2 aromatic rings. The molecule has 0 unspecified atom stereocenters. The second-order valence-electron chi connectivity index (χ2n) is 4.11. The topological polar surface area (TPSA) is 82.2 Å². The summed E-state index contributed by atoms with van der Waals surface area (Å²) >= 11 is 0. The van der Waals surface area contributed by atoms with Crippen molar-refractivity contribution in [3.05, 3.63) is 41.9 Å². The minimum Gasteiger partial charge on any atom is -0.480 e. The third-order valence-corrected chi connectivity index (χ3v) is 2.83. The van der Waals surface area contributed by atoms with Crippen LogP contribution in [0, 0.1) is 0 Å². The summed E-state index contributed by atoms with van der Waals surface area (Å²) in [5, 5.41) is 3.19. The monoisotopic (exact) mass is 260 g/mol. The fraction of sp³-hybridized carbons (Fsp3) is 0.231. The van der Waals surface area contributed by atoms with Crippen molar-refractivity contribution in [2.24, 2.45) is 12.8 Å². The van der Waals surface area contributed by atoms with Gasteiger partial charge in [-0.1, -0.05) is 0 Å². The van der Waals surface area contributed by atoms with Gasteiger partial charge in [0.15, 0.2) is 0 Å². The lowest BCUT2D eigenvalue weighted by molar-refractivity contribution is 0.0996. The van der Waals surface area contributed by atoms with Gasteiger partial charge in [0.2, 0.25) is 5.88 Å². The number of primary amides is 1. The molecule has 0 aliphatic rings. The Kier molecular flexibility index (Phi) is 3.70. The second-order valence-corrected chi connectivity index (χ2v) is 4.11. The summed E-state index contributed by atoms with van der Waals surface area (Å²) < 4.78 is 7.00. The highest BCUT2D eigenvalue weighted by Crippen LogP contribution is 2.19. The van der Waals surface area contributed by atoms with Gasteiger partial charge in [0.1, 0.15) is 5.56 Å². The van der Waals surface area contributed by atoms with E-state index in [0.717, 1.165) is 11.4 Å². The molecule has 0 saturated carbocycles. The molecule has 1 amide bonds. The fourth-order valence-electron chi connectivity index (χ4n) is 1.76. The number of hydrogen-bond acceptors (Lipinski definition) is 4. The van der Waals surface area contributed by atoms with Gasteiger partial charge in [-0.15, -0.1) is 0 Å². The molecular weight excluding hydrogens is 244 g/mol. The van der Waals surface area contributed by atoms with Crippen LogP contribution >= 0.6 is 0 Å². The molecule has 0 saturated heterocycles. The molecule has 0 atom stereocenters. The van der Waals surface area contributed by atoms with Gasteiger partial charge in [-0.2, -0.15) is 0 Å². The first kappa shape index (κ1) is 12.9. The first-order chi connectivity index (χ1) is 9.11. The molecule has 0 fully saturated rings. The van der Waals surface area contributed by atoms with Crippen molar-refractivity contribution >= 4 is 11.6 Å². The van der Waals surface area contributed by atoms with Crippen molar-refractivity contribution < 1.29 is 9.53 Å². The molecule has 19 heavy (non-hydrogen) atoms. The molecule has 6 heteroatoms. The zero-order valence-electron chi connectivity index (χ0n) is 10.9. The van der Waals surface area contributed by atoms with Crippen molar-refractivity contribution in [1.82, 2.24) is 9.55 Å². The summed E-state index contributed by atoms with van der Waals surface area (Å²) in [4.78, 5) is 15.3. The van der Waals surface area contributed by atoms with Crippen molar-refractivity contribution in [1.29, 1.82) is 0 Å². The number of nitrogens with two attached hydrogens (primary N) is 1. The Hall–Kier alpha value is -2.50. The van der Waals surface area contributed by atoms with Gasteiger partial charge >= 0.3 is 0 Å². The van der Waals surface area contributed by atoms with Crippen molar-refractivity contribution in [2.75, 3.05) is 12.4 Å². The number of hydrogen-bond donors (Lipinski definition) is 2. The standard InChI is InChI=1S/C13H16N4O2/c1-17-5-3-4-10(17)8-15-9-6-11(12(14)18)13(19-2)16-7-9/h3-7,15H,8H2,1-2H3,(H2,14,18). The van der Waals surface area contributed by atoms with Crippen LogP contribution in [0.15, 0.2) is 30.6 Å². The number of ether oxygens (including phenoxy) is 1. The minimum absolute atomic E-state index is 0.233. The molecule has 2 aromatic heterocycles. The number of carbonyl (C=O) groups is 1. The quantitative estimate of drug-likeness (QED) is 0.844. The van der Waals surface area contributed by atoms with Crippen LogP contribution < -0.4 is 15.8 Å². The lowest BCUT2D eigenvalue weighted by atomic mass is 10.2. The van der Waals surface area contributed by atoms with Crippen LogP contribution in [-0.2, 0) is 13.6 Å². The van der Waals surface area contributed by atoms with Crippen LogP contribution in [0.4, 0.5) is 5.69 Å². The summed E-state index contributed by atoms with van der Waals surface area (Å²) in [7, 11) is 3.42. The van der Waals surface area contributed by atoms with E-state index in [9.17, 15) is 4.79 Å². The summed E-state index contributed by atoms with van der Waals surface area (Å²) in [5.74, 6) is -0.330. The third-order valence-electron chi connectivity index (χ3n) is 2.83. The molecule has 3 N–H and O–H groups in total. The molecular formula is C13H16N4O2. The number of aryl methyl sites for hydroxylation is 1. The smallest absolute Gasteiger partial charge is 0.254 e. The average Bonchev–Trinajstić information content (AvgIpc) is 2.81. The van der Waals surface area contributed by atoms with Crippen LogP contribution in [-0.4, -0.2) is 22.6 Å². The van der Waals surface area contributed by atoms with E-state index in [0.29, 0.717) is 6.54 Å². The Morgan fingerprint density at radius 3 is 2.95 bits per heavy atom. The maximum Gasteiger partial charge on any atom is 0.254 e. The van der Waals surface area contributed by atoms with Crippen molar-refractivity contribution in [3.8, 4) is 5.88 Å². The number of rotatable bonds is 5. The van der Waals surface area contributed by atoms with Gasteiger partial charge in [0, 0.05) is 18.9 Å². The zero-order valence-corrected chi connectivity index (χ0v) is 10.9. The van der Waals surface area contributed by atoms with E-state index in [2.05, 4.69) is 10.3 Å². The SMILES string of the molecule is COc1ncc(NCc2cccn2C)cc1C(N)=O. The normalized spacial score (nSPS) is 10.2. The van der Waals surface area contributed by atoms with Crippen LogP contribution in [0.1, 0.15) is 16.1 Å². The number of amides is 1. The number of aromatic nitrogens is 2. The molecule has 0 bridgehead atoms. The fourth-order valence-corrected chi connectivity index (χ4v) is 1.76. The van der Waals surface area contributed by atoms with Crippen LogP contribution in [0.5, 0.6) is 5.88 Å². The predicted octanol–water partition coefficient (Wildman–Crippen LogP) is 1.14. The van der Waals surface area contributed by atoms with Gasteiger partial charge in [0.25, 0.3) is 5.91 Å². The van der Waals surface area contributed by atoms with Crippen LogP contribution in [0.2, 0.25) is 0 Å². The Morgan fingerprint density at radius 2 is 2.37 bits per heavy atom. The van der Waals surface area contributed by atoms with E-state index in [1.165, 1.54) is 7.11 Å². The third kappa shape index (κ3) is 2.85. The molecule has 2 heterocycles. The van der Waals surface area contributed by atoms with Gasteiger partial charge < -0.3 is 20.4 Å². The van der Waals surface area contributed by atoms with Gasteiger partial charge in [0.05, 0.1) is 25.5 Å². The maximum atomic E-state index is 11.3. The summed E-state index contributed by atoms with van der Waals surface area (Å²) in [6.45, 7) is 0.635. The lowest BCUT2D eigenvalue weighted by Crippen LogP contribution is -2.14. The van der Waals surface area contributed by atoms with Gasteiger partial charge in [-0.25, -0.2) is 4.98 Å². The predicted molar refractivity (Wildman–Crippen MR) is 72.0 cm³/mol. The van der Waals surface area contributed by atoms with E-state index >= 15 is 0 Å². The number of nitrogens with zero attached hydrogens (tertiary/aromatic N) is 2. The Bertz CT molecular complexity index is 592. The Labute approximate surface area is 111 Å². The summed E-state index contributed by atoms with van der Waals surface area (Å²) in [6.07, 6.45) is 3.58. The Balaban J connectivity index is 2.15. The number of anilines is 1.